The molecule has 0 saturated heterocycles. The van der Waals surface area contributed by atoms with Crippen LogP contribution in [-0.2, 0) is 7.05 Å². The molecule has 0 saturated carbocycles. The Morgan fingerprint density at radius 1 is 1.64 bits per heavy atom. The van der Waals surface area contributed by atoms with Crippen molar-refractivity contribution in [2.75, 3.05) is 0 Å². The molecule has 1 aromatic heterocycles. The molecular weight excluding hydrogens is 138 g/mol. The Morgan fingerprint density at radius 3 is 3.00 bits per heavy atom. The van der Waals surface area contributed by atoms with Gasteiger partial charge >= 0.3 is 0 Å². The number of rotatable bonds is 1. The number of hydrogen-bond donors (Lipinski definition) is 0. The van der Waals surface area contributed by atoms with Crippen LogP contribution in [0.2, 0.25) is 0 Å². The summed E-state index contributed by atoms with van der Waals surface area (Å²) in [5.74, 6) is 0. The minimum absolute atomic E-state index is 0.819. The number of aryl methyl sites for hydroxylation is 1. The van der Waals surface area contributed by atoms with Crippen molar-refractivity contribution >= 4 is 0 Å². The molecule has 0 unspecified atom stereocenters. The van der Waals surface area contributed by atoms with Crippen molar-refractivity contribution in [2.45, 2.75) is 6.92 Å². The Bertz CT molecular complexity index is 322. The van der Waals surface area contributed by atoms with Crippen LogP contribution in [0.25, 0.3) is 0 Å². The second kappa shape index (κ2) is 3.14. The molecule has 58 valence electrons. The predicted molar refractivity (Wildman–Crippen MR) is 43.7 cm³/mol. The van der Waals surface area contributed by atoms with E-state index in [0.717, 1.165) is 11.2 Å². The summed E-state index contributed by atoms with van der Waals surface area (Å²) in [5.41, 5.74) is 1.90. The first-order chi connectivity index (χ1) is 5.25. The van der Waals surface area contributed by atoms with Gasteiger partial charge in [-0.15, -0.1) is 0 Å². The third kappa shape index (κ3) is 1.55. The van der Waals surface area contributed by atoms with Crippen molar-refractivity contribution < 1.29 is 0 Å². The Morgan fingerprint density at radius 2 is 2.36 bits per heavy atom. The Hall–Kier alpha value is -1.38. The van der Waals surface area contributed by atoms with Gasteiger partial charge in [0.15, 0.2) is 5.49 Å². The van der Waals surface area contributed by atoms with E-state index in [1.165, 1.54) is 6.20 Å². The zero-order chi connectivity index (χ0) is 8.27. The van der Waals surface area contributed by atoms with Crippen LogP contribution in [0.3, 0.4) is 0 Å². The fourth-order valence-corrected chi connectivity index (χ4v) is 0.779. The zero-order valence-corrected chi connectivity index (χ0v) is 6.78. The first kappa shape index (κ1) is 7.72. The van der Waals surface area contributed by atoms with E-state index in [2.05, 4.69) is 16.6 Å². The number of nitrogens with zero attached hydrogens (tertiary/aromatic N) is 3. The van der Waals surface area contributed by atoms with Gasteiger partial charge in [0.1, 0.15) is 0 Å². The Kier molecular flexibility index (Phi) is 2.21. The Balaban J connectivity index is 3.39. The largest absolute Gasteiger partial charge is 0.331 e. The Labute approximate surface area is 65.7 Å². The maximum atomic E-state index is 4.03. The van der Waals surface area contributed by atoms with Crippen LogP contribution in [0.4, 0.5) is 0 Å². The average Bonchev–Trinajstić information content (AvgIpc) is 1.99. The van der Waals surface area contributed by atoms with E-state index in [9.17, 15) is 0 Å². The molecule has 0 spiro atoms. The van der Waals surface area contributed by atoms with Crippen molar-refractivity contribution in [3.8, 4) is 0 Å². The molecule has 0 aliphatic carbocycles. The molecule has 0 fully saturated rings. The van der Waals surface area contributed by atoms with Gasteiger partial charge in [-0.2, -0.15) is 0 Å². The second-order valence-corrected chi connectivity index (χ2v) is 2.28. The van der Waals surface area contributed by atoms with Gasteiger partial charge in [0.2, 0.25) is 0 Å². The monoisotopic (exact) mass is 149 g/mol. The van der Waals surface area contributed by atoms with E-state index in [-0.39, 0.29) is 0 Å². The van der Waals surface area contributed by atoms with Crippen molar-refractivity contribution in [3.05, 3.63) is 36.4 Å². The van der Waals surface area contributed by atoms with Crippen LogP contribution in [0.15, 0.2) is 30.2 Å². The van der Waals surface area contributed by atoms with E-state index in [1.807, 2.05) is 18.5 Å². The summed E-state index contributed by atoms with van der Waals surface area (Å²) in [6, 6.07) is 0. The van der Waals surface area contributed by atoms with Crippen LogP contribution >= 0.6 is 0 Å². The van der Waals surface area contributed by atoms with Crippen molar-refractivity contribution in [2.24, 2.45) is 12.0 Å². The zero-order valence-electron chi connectivity index (χ0n) is 6.78. The molecule has 1 rings (SSSR count). The van der Waals surface area contributed by atoms with Gasteiger partial charge in [0.25, 0.3) is 0 Å². The fraction of sp³-hybridized carbons (Fsp3) is 0.250. The standard InChI is InChI=1S/C8H11N3/c1-4-10-8-6-9-5-7(2)11(8)3/h4-6H,1H2,2-3H3/b10-8-. The van der Waals surface area contributed by atoms with Crippen molar-refractivity contribution in [1.29, 1.82) is 0 Å². The minimum atomic E-state index is 0.819. The lowest BCUT2D eigenvalue weighted by molar-refractivity contribution is 0.778. The van der Waals surface area contributed by atoms with Gasteiger partial charge < -0.3 is 4.57 Å². The lowest BCUT2D eigenvalue weighted by Gasteiger charge is -2.01. The SMILES string of the molecule is C=C/N=c1/cncc(C)n1C. The predicted octanol–water partition coefficient (Wildman–Crippen LogP) is 0.773. The summed E-state index contributed by atoms with van der Waals surface area (Å²) in [4.78, 5) is 8.03. The van der Waals surface area contributed by atoms with Crippen LogP contribution in [0.5, 0.6) is 0 Å². The minimum Gasteiger partial charge on any atom is -0.331 e. The molecule has 11 heavy (non-hydrogen) atoms. The fourth-order valence-electron chi connectivity index (χ4n) is 0.779. The molecule has 0 atom stereocenters. The molecule has 0 N–H and O–H groups in total. The topological polar surface area (TPSA) is 30.2 Å². The van der Waals surface area contributed by atoms with E-state index in [1.54, 1.807) is 12.4 Å². The molecule has 0 aliphatic heterocycles. The van der Waals surface area contributed by atoms with Gasteiger partial charge in [-0.25, -0.2) is 4.99 Å². The highest BCUT2D eigenvalue weighted by Gasteiger charge is 1.88. The third-order valence-electron chi connectivity index (χ3n) is 1.55. The maximum Gasteiger partial charge on any atom is 0.150 e. The highest BCUT2D eigenvalue weighted by molar-refractivity contribution is 4.94. The van der Waals surface area contributed by atoms with E-state index >= 15 is 0 Å². The van der Waals surface area contributed by atoms with Gasteiger partial charge in [-0.3, -0.25) is 4.98 Å². The first-order valence-corrected chi connectivity index (χ1v) is 3.38. The summed E-state index contributed by atoms with van der Waals surface area (Å²) in [5, 5.41) is 0. The van der Waals surface area contributed by atoms with Crippen molar-refractivity contribution in [3.63, 3.8) is 0 Å². The third-order valence-corrected chi connectivity index (χ3v) is 1.55. The summed E-state index contributed by atoms with van der Waals surface area (Å²) in [6.07, 6.45) is 5.01. The normalized spacial score (nSPS) is 11.6. The number of hydrogen-bond acceptors (Lipinski definition) is 2. The molecule has 3 nitrogen and oxygen atoms in total. The van der Waals surface area contributed by atoms with Crippen LogP contribution in [0, 0.1) is 6.92 Å². The summed E-state index contributed by atoms with van der Waals surface area (Å²) in [6.45, 7) is 5.50. The lowest BCUT2D eigenvalue weighted by atomic mass is 10.5. The second-order valence-electron chi connectivity index (χ2n) is 2.28. The molecule has 0 radical (unpaired) electrons. The average molecular weight is 149 g/mol. The van der Waals surface area contributed by atoms with E-state index in [4.69, 9.17) is 0 Å². The van der Waals surface area contributed by atoms with Gasteiger partial charge in [-0.1, -0.05) is 6.58 Å². The van der Waals surface area contributed by atoms with Crippen molar-refractivity contribution in [1.82, 2.24) is 9.55 Å². The van der Waals surface area contributed by atoms with Crippen LogP contribution in [-0.4, -0.2) is 9.55 Å². The first-order valence-electron chi connectivity index (χ1n) is 3.38. The quantitative estimate of drug-likeness (QED) is 0.580. The molecular formula is C8H11N3. The van der Waals surface area contributed by atoms with Gasteiger partial charge in [0.05, 0.1) is 6.20 Å². The summed E-state index contributed by atoms with van der Waals surface area (Å²) < 4.78 is 1.95. The molecule has 3 heteroatoms. The highest BCUT2D eigenvalue weighted by atomic mass is 15.0. The lowest BCUT2D eigenvalue weighted by Crippen LogP contribution is -2.19. The smallest absolute Gasteiger partial charge is 0.150 e. The molecule has 1 aromatic rings. The summed E-state index contributed by atoms with van der Waals surface area (Å²) in [7, 11) is 1.94. The maximum absolute atomic E-state index is 4.03. The van der Waals surface area contributed by atoms with Gasteiger partial charge in [0, 0.05) is 25.1 Å². The molecule has 0 aromatic carbocycles. The molecule has 1 heterocycles. The molecule has 0 aliphatic rings. The van der Waals surface area contributed by atoms with Crippen LogP contribution in [0.1, 0.15) is 5.69 Å². The molecule has 0 bridgehead atoms. The van der Waals surface area contributed by atoms with Crippen LogP contribution < -0.4 is 5.49 Å². The van der Waals surface area contributed by atoms with E-state index < -0.39 is 0 Å². The number of aromatic nitrogens is 2. The highest BCUT2D eigenvalue weighted by Crippen LogP contribution is 1.85. The molecule has 0 amide bonds. The summed E-state index contributed by atoms with van der Waals surface area (Å²) >= 11 is 0. The van der Waals surface area contributed by atoms with E-state index in [0.29, 0.717) is 0 Å². The van der Waals surface area contributed by atoms with Gasteiger partial charge in [-0.05, 0) is 6.92 Å².